The molecule has 2 fully saturated rings. The average molecular weight is 387 g/mol. The van der Waals surface area contributed by atoms with E-state index in [0.717, 1.165) is 38.0 Å². The summed E-state index contributed by atoms with van der Waals surface area (Å²) < 4.78 is 5.76. The lowest BCUT2D eigenvalue weighted by atomic mass is 10.1. The Morgan fingerprint density at radius 3 is 2.57 bits per heavy atom. The Kier molecular flexibility index (Phi) is 6.34. The zero-order valence-corrected chi connectivity index (χ0v) is 16.8. The van der Waals surface area contributed by atoms with Crippen LogP contribution in [0.2, 0.25) is 0 Å². The summed E-state index contributed by atoms with van der Waals surface area (Å²) >= 11 is 0. The van der Waals surface area contributed by atoms with Gasteiger partial charge >= 0.3 is 6.03 Å². The van der Waals surface area contributed by atoms with Crippen LogP contribution >= 0.6 is 0 Å². The van der Waals surface area contributed by atoms with Crippen molar-refractivity contribution < 1.29 is 19.1 Å². The fourth-order valence-corrected chi connectivity index (χ4v) is 3.85. The van der Waals surface area contributed by atoms with Crippen molar-refractivity contribution in [3.05, 3.63) is 29.8 Å². The standard InChI is InChI=1S/C21H29N3O4/c1-14(2)19-20(26)24(21(27)22-19)23-12-4-6-17(23)7-5-13-28-18-10-8-16(9-11-18)15(3)25/h8-11,14,17,19H,4-7,12-13H2,1-3H3,(H,22,27)/t17?,19-/m1/s1. The number of amides is 3. The first-order chi connectivity index (χ1) is 13.4. The molecule has 1 N–H and O–H groups in total. The molecule has 152 valence electrons. The highest BCUT2D eigenvalue weighted by Gasteiger charge is 2.45. The van der Waals surface area contributed by atoms with Crippen LogP contribution in [-0.2, 0) is 4.79 Å². The van der Waals surface area contributed by atoms with E-state index in [-0.39, 0.29) is 29.7 Å². The summed E-state index contributed by atoms with van der Waals surface area (Å²) in [5, 5.41) is 6.05. The molecule has 2 saturated heterocycles. The molecular formula is C21H29N3O4. The largest absolute Gasteiger partial charge is 0.494 e. The minimum atomic E-state index is -0.435. The summed E-state index contributed by atoms with van der Waals surface area (Å²) in [5.74, 6) is 0.703. The second kappa shape index (κ2) is 8.73. The minimum absolute atomic E-state index is 0.0353. The number of hydrogen-bond donors (Lipinski definition) is 1. The van der Waals surface area contributed by atoms with Gasteiger partial charge in [0.2, 0.25) is 0 Å². The number of carbonyl (C=O) groups is 3. The number of hydrogen-bond acceptors (Lipinski definition) is 5. The third kappa shape index (κ3) is 4.35. The van der Waals surface area contributed by atoms with Gasteiger partial charge in [0, 0.05) is 18.2 Å². The lowest BCUT2D eigenvalue weighted by Crippen LogP contribution is -2.49. The third-order valence-electron chi connectivity index (χ3n) is 5.43. The van der Waals surface area contributed by atoms with Gasteiger partial charge in [0.25, 0.3) is 5.91 Å². The first-order valence-electron chi connectivity index (χ1n) is 10.0. The van der Waals surface area contributed by atoms with E-state index in [1.54, 1.807) is 24.3 Å². The fourth-order valence-electron chi connectivity index (χ4n) is 3.85. The van der Waals surface area contributed by atoms with Gasteiger partial charge in [0.15, 0.2) is 5.78 Å². The molecule has 3 rings (SSSR count). The number of ether oxygens (including phenoxy) is 1. The topological polar surface area (TPSA) is 79.0 Å². The number of hydrazine groups is 1. The maximum Gasteiger partial charge on any atom is 0.339 e. The SMILES string of the molecule is CC(=O)c1ccc(OCCCC2CCCN2N2C(=O)N[C@H](C(C)C)C2=O)cc1. The number of rotatable bonds is 8. The molecule has 1 aromatic carbocycles. The summed E-state index contributed by atoms with van der Waals surface area (Å²) in [7, 11) is 0. The number of carbonyl (C=O) groups excluding carboxylic acids is 3. The van der Waals surface area contributed by atoms with Crippen LogP contribution in [0.15, 0.2) is 24.3 Å². The van der Waals surface area contributed by atoms with Crippen molar-refractivity contribution in [2.24, 2.45) is 5.92 Å². The number of nitrogens with zero attached hydrogens (tertiary/aromatic N) is 2. The summed E-state index contributed by atoms with van der Waals surface area (Å²) in [6, 6.07) is 6.56. The van der Waals surface area contributed by atoms with Gasteiger partial charge in [-0.05, 0) is 62.8 Å². The van der Waals surface area contributed by atoms with Crippen molar-refractivity contribution in [3.8, 4) is 5.75 Å². The molecule has 2 aliphatic heterocycles. The van der Waals surface area contributed by atoms with Crippen LogP contribution in [0.4, 0.5) is 4.79 Å². The van der Waals surface area contributed by atoms with E-state index in [1.165, 1.54) is 11.9 Å². The number of urea groups is 1. The van der Waals surface area contributed by atoms with Crippen LogP contribution in [0.1, 0.15) is 56.8 Å². The van der Waals surface area contributed by atoms with Gasteiger partial charge in [-0.3, -0.25) is 9.59 Å². The summed E-state index contributed by atoms with van der Waals surface area (Å²) in [6.07, 6.45) is 3.62. The zero-order chi connectivity index (χ0) is 20.3. The molecule has 0 bridgehead atoms. The number of imide groups is 1. The van der Waals surface area contributed by atoms with Gasteiger partial charge in [-0.1, -0.05) is 13.8 Å². The Morgan fingerprint density at radius 1 is 1.25 bits per heavy atom. The van der Waals surface area contributed by atoms with Crippen LogP contribution in [0.25, 0.3) is 0 Å². The molecule has 0 radical (unpaired) electrons. The highest BCUT2D eigenvalue weighted by molar-refractivity contribution is 6.03. The Bertz CT molecular complexity index is 732. The van der Waals surface area contributed by atoms with Crippen LogP contribution < -0.4 is 10.1 Å². The molecular weight excluding hydrogens is 358 g/mol. The number of ketones is 1. The normalized spacial score (nSPS) is 22.8. The number of benzene rings is 1. The highest BCUT2D eigenvalue weighted by Crippen LogP contribution is 2.27. The van der Waals surface area contributed by atoms with Crippen LogP contribution in [0.3, 0.4) is 0 Å². The molecule has 0 aromatic heterocycles. The Morgan fingerprint density at radius 2 is 1.96 bits per heavy atom. The molecule has 0 aliphatic carbocycles. The first-order valence-corrected chi connectivity index (χ1v) is 10.0. The Balaban J connectivity index is 1.50. The summed E-state index contributed by atoms with van der Waals surface area (Å²) in [6.45, 7) is 6.70. The minimum Gasteiger partial charge on any atom is -0.494 e. The third-order valence-corrected chi connectivity index (χ3v) is 5.43. The van der Waals surface area contributed by atoms with Crippen molar-refractivity contribution in [2.75, 3.05) is 13.2 Å². The van der Waals surface area contributed by atoms with Crippen molar-refractivity contribution in [1.29, 1.82) is 0 Å². The van der Waals surface area contributed by atoms with E-state index in [4.69, 9.17) is 4.74 Å². The molecule has 7 heteroatoms. The quantitative estimate of drug-likeness (QED) is 0.421. The van der Waals surface area contributed by atoms with Crippen molar-refractivity contribution >= 4 is 17.7 Å². The maximum absolute atomic E-state index is 12.6. The monoisotopic (exact) mass is 387 g/mol. The molecule has 1 aromatic rings. The Labute approximate surface area is 166 Å². The van der Waals surface area contributed by atoms with Gasteiger partial charge in [-0.25, -0.2) is 9.80 Å². The molecule has 0 saturated carbocycles. The second-order valence-electron chi connectivity index (χ2n) is 7.85. The number of nitrogens with one attached hydrogen (secondary N) is 1. The van der Waals surface area contributed by atoms with Crippen molar-refractivity contribution in [3.63, 3.8) is 0 Å². The van der Waals surface area contributed by atoms with Crippen LogP contribution in [0.5, 0.6) is 5.75 Å². The first kappa shape index (κ1) is 20.3. The molecule has 7 nitrogen and oxygen atoms in total. The summed E-state index contributed by atoms with van der Waals surface area (Å²) in [4.78, 5) is 36.3. The lowest BCUT2D eigenvalue weighted by molar-refractivity contribution is -0.141. The van der Waals surface area contributed by atoms with E-state index in [1.807, 2.05) is 18.9 Å². The fraction of sp³-hybridized carbons (Fsp3) is 0.571. The molecule has 3 amide bonds. The maximum atomic E-state index is 12.6. The van der Waals surface area contributed by atoms with Crippen molar-refractivity contribution in [1.82, 2.24) is 15.3 Å². The van der Waals surface area contributed by atoms with Gasteiger partial charge < -0.3 is 10.1 Å². The Hall–Kier alpha value is -2.41. The van der Waals surface area contributed by atoms with Gasteiger partial charge in [0.1, 0.15) is 11.8 Å². The smallest absolute Gasteiger partial charge is 0.339 e. The molecule has 28 heavy (non-hydrogen) atoms. The van der Waals surface area contributed by atoms with Gasteiger partial charge in [0.05, 0.1) is 6.61 Å². The highest BCUT2D eigenvalue weighted by atomic mass is 16.5. The second-order valence-corrected chi connectivity index (χ2v) is 7.85. The predicted octanol–water partition coefficient (Wildman–Crippen LogP) is 3.00. The summed E-state index contributed by atoms with van der Waals surface area (Å²) in [5.41, 5.74) is 0.669. The van der Waals surface area contributed by atoms with Gasteiger partial charge in [-0.15, -0.1) is 0 Å². The molecule has 2 atom stereocenters. The molecule has 2 heterocycles. The van der Waals surface area contributed by atoms with E-state index < -0.39 is 6.04 Å². The average Bonchev–Trinajstić information content (AvgIpc) is 3.22. The van der Waals surface area contributed by atoms with Crippen molar-refractivity contribution in [2.45, 2.75) is 58.5 Å². The molecule has 0 spiro atoms. The molecule has 2 aliphatic rings. The van der Waals surface area contributed by atoms with E-state index in [0.29, 0.717) is 12.2 Å². The van der Waals surface area contributed by atoms with E-state index >= 15 is 0 Å². The van der Waals surface area contributed by atoms with Crippen LogP contribution in [-0.4, -0.2) is 53.0 Å². The van der Waals surface area contributed by atoms with E-state index in [9.17, 15) is 14.4 Å². The van der Waals surface area contributed by atoms with E-state index in [2.05, 4.69) is 5.32 Å². The zero-order valence-electron chi connectivity index (χ0n) is 16.8. The lowest BCUT2D eigenvalue weighted by Gasteiger charge is -2.31. The molecule has 1 unspecified atom stereocenters. The number of Topliss-reactive ketones (excluding diaryl/α,β-unsaturated/α-hetero) is 1. The van der Waals surface area contributed by atoms with Crippen LogP contribution in [0, 0.1) is 5.92 Å². The predicted molar refractivity (Wildman–Crippen MR) is 105 cm³/mol. The van der Waals surface area contributed by atoms with Gasteiger partial charge in [-0.2, -0.15) is 5.01 Å².